The lowest BCUT2D eigenvalue weighted by atomic mass is 10.0. The number of sulfonamides is 1. The van der Waals surface area contributed by atoms with E-state index in [0.717, 1.165) is 46.7 Å². The van der Waals surface area contributed by atoms with Crippen LogP contribution >= 0.6 is 23.2 Å². The molecule has 0 aromatic heterocycles. The number of aryl methyl sites for hydroxylation is 1. The van der Waals surface area contributed by atoms with E-state index in [1.54, 1.807) is 30.3 Å². The zero-order valence-corrected chi connectivity index (χ0v) is 27.9. The summed E-state index contributed by atoms with van der Waals surface area (Å²) >= 11 is 12.9. The number of nitrogens with zero attached hydrogens (tertiary/aromatic N) is 2. The molecule has 2 amide bonds. The Bertz CT molecular complexity index is 1750. The predicted octanol–water partition coefficient (Wildman–Crippen LogP) is 7.20. The number of carbonyl (C=O) groups excluding carboxylic acids is 2. The first-order chi connectivity index (χ1) is 22.1. The van der Waals surface area contributed by atoms with Gasteiger partial charge in [-0.05, 0) is 55.2 Å². The van der Waals surface area contributed by atoms with Gasteiger partial charge in [0.1, 0.15) is 12.6 Å². The minimum atomic E-state index is -4.28. The number of nitrogens with one attached hydrogen (secondary N) is 1. The van der Waals surface area contributed by atoms with E-state index in [1.165, 1.54) is 23.1 Å². The first-order valence-electron chi connectivity index (χ1n) is 15.3. The summed E-state index contributed by atoms with van der Waals surface area (Å²) in [5.74, 6) is -0.826. The molecule has 1 atom stereocenters. The SMILES string of the molecule is Cc1ccc(CN(C(=O)CN(c2cccc(Cl)c2Cl)S(=O)(=O)c2ccccc2)[C@H](Cc2ccccc2)C(=O)NC2CCCC2)cc1. The van der Waals surface area contributed by atoms with Crippen LogP contribution in [-0.2, 0) is 32.6 Å². The zero-order chi connectivity index (χ0) is 32.7. The van der Waals surface area contributed by atoms with Gasteiger partial charge in [0, 0.05) is 19.0 Å². The Hall–Kier alpha value is -3.85. The second kappa shape index (κ2) is 15.2. The largest absolute Gasteiger partial charge is 0.352 e. The molecule has 1 fully saturated rings. The lowest BCUT2D eigenvalue weighted by Gasteiger charge is -2.34. The van der Waals surface area contributed by atoms with Crippen molar-refractivity contribution >= 4 is 50.7 Å². The zero-order valence-electron chi connectivity index (χ0n) is 25.6. The number of anilines is 1. The molecule has 0 unspecified atom stereocenters. The van der Waals surface area contributed by atoms with Crippen LogP contribution < -0.4 is 9.62 Å². The third-order valence-electron chi connectivity index (χ3n) is 8.26. The highest BCUT2D eigenvalue weighted by atomic mass is 35.5. The molecule has 0 bridgehead atoms. The van der Waals surface area contributed by atoms with Crippen LogP contribution in [0.4, 0.5) is 5.69 Å². The molecule has 1 N–H and O–H groups in total. The Morgan fingerprint density at radius 1 is 0.826 bits per heavy atom. The molecule has 1 aliphatic rings. The third kappa shape index (κ3) is 8.10. The fourth-order valence-corrected chi connectivity index (χ4v) is 7.62. The third-order valence-corrected chi connectivity index (χ3v) is 10.8. The van der Waals surface area contributed by atoms with E-state index in [9.17, 15) is 18.0 Å². The van der Waals surface area contributed by atoms with Gasteiger partial charge in [0.2, 0.25) is 11.8 Å². The Morgan fingerprint density at radius 2 is 1.46 bits per heavy atom. The van der Waals surface area contributed by atoms with Gasteiger partial charge < -0.3 is 10.2 Å². The fourth-order valence-electron chi connectivity index (χ4n) is 5.73. The summed E-state index contributed by atoms with van der Waals surface area (Å²) in [5.41, 5.74) is 2.81. The lowest BCUT2D eigenvalue weighted by molar-refractivity contribution is -0.140. The molecule has 10 heteroatoms. The van der Waals surface area contributed by atoms with E-state index in [-0.39, 0.29) is 45.5 Å². The van der Waals surface area contributed by atoms with Crippen molar-refractivity contribution in [1.29, 1.82) is 0 Å². The molecule has 4 aromatic carbocycles. The molecular weight excluding hydrogens is 641 g/mol. The van der Waals surface area contributed by atoms with Crippen LogP contribution in [0.1, 0.15) is 42.4 Å². The van der Waals surface area contributed by atoms with E-state index < -0.39 is 28.5 Å². The molecule has 1 saturated carbocycles. The number of hydrogen-bond acceptors (Lipinski definition) is 4. The first-order valence-corrected chi connectivity index (χ1v) is 17.5. The van der Waals surface area contributed by atoms with Gasteiger partial charge in [-0.1, -0.05) is 120 Å². The van der Waals surface area contributed by atoms with E-state index >= 15 is 0 Å². The van der Waals surface area contributed by atoms with Crippen molar-refractivity contribution < 1.29 is 18.0 Å². The fraction of sp³-hybridized carbons (Fsp3) is 0.278. The summed E-state index contributed by atoms with van der Waals surface area (Å²) in [5, 5.41) is 3.33. The molecule has 46 heavy (non-hydrogen) atoms. The first kappa shape index (κ1) is 33.5. The van der Waals surface area contributed by atoms with Crippen molar-refractivity contribution in [2.45, 2.75) is 62.6 Å². The molecule has 0 radical (unpaired) electrons. The Kier molecular flexibility index (Phi) is 11.0. The van der Waals surface area contributed by atoms with Gasteiger partial charge in [0.05, 0.1) is 20.6 Å². The van der Waals surface area contributed by atoms with Crippen LogP contribution in [0, 0.1) is 6.92 Å². The quantitative estimate of drug-likeness (QED) is 0.172. The molecule has 5 rings (SSSR count). The molecule has 7 nitrogen and oxygen atoms in total. The van der Waals surface area contributed by atoms with Gasteiger partial charge in [-0.25, -0.2) is 8.42 Å². The minimum Gasteiger partial charge on any atom is -0.352 e. The van der Waals surface area contributed by atoms with Gasteiger partial charge >= 0.3 is 0 Å². The van der Waals surface area contributed by atoms with Crippen LogP contribution in [0.5, 0.6) is 0 Å². The summed E-state index contributed by atoms with van der Waals surface area (Å²) in [6.45, 7) is 1.46. The van der Waals surface area contributed by atoms with Crippen LogP contribution in [0.15, 0.2) is 108 Å². The highest BCUT2D eigenvalue weighted by Crippen LogP contribution is 2.35. The minimum absolute atomic E-state index is 0.00127. The van der Waals surface area contributed by atoms with Crippen molar-refractivity contribution in [3.63, 3.8) is 0 Å². The molecule has 1 aliphatic carbocycles. The average Bonchev–Trinajstić information content (AvgIpc) is 3.57. The second-order valence-electron chi connectivity index (χ2n) is 11.6. The van der Waals surface area contributed by atoms with Crippen molar-refractivity contribution in [2.75, 3.05) is 10.8 Å². The summed E-state index contributed by atoms with van der Waals surface area (Å²) in [7, 11) is -4.28. The van der Waals surface area contributed by atoms with Gasteiger partial charge in [-0.2, -0.15) is 0 Å². The maximum atomic E-state index is 14.6. The molecule has 4 aromatic rings. The smallest absolute Gasteiger partial charge is 0.264 e. The molecule has 0 aliphatic heterocycles. The van der Waals surface area contributed by atoms with E-state index in [4.69, 9.17) is 23.2 Å². The highest BCUT2D eigenvalue weighted by Gasteiger charge is 2.36. The highest BCUT2D eigenvalue weighted by molar-refractivity contribution is 7.92. The number of carbonyl (C=O) groups is 2. The number of amides is 2. The summed E-state index contributed by atoms with van der Waals surface area (Å²) in [6, 6.07) is 28.9. The van der Waals surface area contributed by atoms with Gasteiger partial charge in [-0.15, -0.1) is 0 Å². The van der Waals surface area contributed by atoms with E-state index in [0.29, 0.717) is 0 Å². The molecule has 0 saturated heterocycles. The Labute approximate surface area is 281 Å². The summed E-state index contributed by atoms with van der Waals surface area (Å²) in [4.78, 5) is 30.2. The monoisotopic (exact) mass is 677 g/mol. The Balaban J connectivity index is 1.58. The molecule has 0 spiro atoms. The van der Waals surface area contributed by atoms with E-state index in [1.807, 2.05) is 61.5 Å². The van der Waals surface area contributed by atoms with Gasteiger partial charge in [0.15, 0.2) is 0 Å². The van der Waals surface area contributed by atoms with Crippen molar-refractivity contribution in [2.24, 2.45) is 0 Å². The standard InChI is InChI=1S/C36H37Cl2N3O4S/c1-26-19-21-28(22-20-26)24-40(33(23-27-11-4-2-5-12-27)36(43)39-29-13-8-9-14-29)34(42)25-41(32-18-10-17-31(37)35(32)38)46(44,45)30-15-6-3-7-16-30/h2-7,10-12,15-22,29,33H,8-9,13-14,23-25H2,1H3,(H,39,43)/t33-/m1/s1. The second-order valence-corrected chi connectivity index (χ2v) is 14.2. The predicted molar refractivity (Wildman–Crippen MR) is 183 cm³/mol. The normalized spacial score (nSPS) is 14.1. The Morgan fingerprint density at radius 3 is 2.11 bits per heavy atom. The maximum absolute atomic E-state index is 14.6. The van der Waals surface area contributed by atoms with Crippen molar-refractivity contribution in [3.05, 3.63) is 130 Å². The number of halogens is 2. The molecule has 0 heterocycles. The van der Waals surface area contributed by atoms with Crippen LogP contribution in [-0.4, -0.2) is 43.8 Å². The molecular formula is C36H37Cl2N3O4S. The average molecular weight is 679 g/mol. The van der Waals surface area contributed by atoms with E-state index in [2.05, 4.69) is 5.32 Å². The molecule has 240 valence electrons. The van der Waals surface area contributed by atoms with Crippen LogP contribution in [0.2, 0.25) is 10.0 Å². The summed E-state index contributed by atoms with van der Waals surface area (Å²) in [6.07, 6.45) is 4.08. The van der Waals surface area contributed by atoms with Gasteiger partial charge in [0.25, 0.3) is 10.0 Å². The number of hydrogen-bond donors (Lipinski definition) is 1. The van der Waals surface area contributed by atoms with Crippen LogP contribution in [0.25, 0.3) is 0 Å². The topological polar surface area (TPSA) is 86.8 Å². The lowest BCUT2D eigenvalue weighted by Crippen LogP contribution is -2.54. The van der Waals surface area contributed by atoms with Crippen molar-refractivity contribution in [1.82, 2.24) is 10.2 Å². The van der Waals surface area contributed by atoms with Gasteiger partial charge in [-0.3, -0.25) is 13.9 Å². The number of benzene rings is 4. The van der Waals surface area contributed by atoms with Crippen molar-refractivity contribution in [3.8, 4) is 0 Å². The summed E-state index contributed by atoms with van der Waals surface area (Å²) < 4.78 is 29.3. The number of rotatable bonds is 12. The maximum Gasteiger partial charge on any atom is 0.264 e. The van der Waals surface area contributed by atoms with Crippen LogP contribution in [0.3, 0.4) is 0 Å².